The molecule has 0 aliphatic carbocycles. The van der Waals surface area contributed by atoms with Gasteiger partial charge in [0.2, 0.25) is 5.91 Å². The predicted octanol–water partition coefficient (Wildman–Crippen LogP) is 6.86. The second-order valence-corrected chi connectivity index (χ2v) is 18.0. The third kappa shape index (κ3) is 19.1. The Bertz CT molecular complexity index is 2150. The zero-order valence-corrected chi connectivity index (χ0v) is 41.7. The molecule has 2 N–H and O–H groups in total. The van der Waals surface area contributed by atoms with Crippen molar-refractivity contribution in [3.05, 3.63) is 86.8 Å². The molecule has 0 radical (unpaired) electrons. The standard InChI is InChI=1S/C48H67ClN6O12S/c1-34-35(2)68-46-43(34)44(37-7-9-38(49)10-8-37)52-41(45-54-53-36(3)55(45)46)33-42(56)51-39-11-13-40(14-12-39)66-32-31-65-30-29-64-28-27-63-26-25-62-24-23-61-22-21-60-20-19-59-18-17-58-16-15-50-47(57)67-48(4,5)6/h7-14,41H,15-33H2,1-6H3,(H,50,57)(H,51,56)/t41-/m0/s1. The minimum Gasteiger partial charge on any atom is -0.491 e. The number of anilines is 1. The lowest BCUT2D eigenvalue weighted by atomic mass is 9.99. The van der Waals surface area contributed by atoms with Crippen LogP contribution in [-0.4, -0.2) is 157 Å². The van der Waals surface area contributed by atoms with Gasteiger partial charge >= 0.3 is 6.09 Å². The molecule has 4 aromatic rings. The Labute approximate surface area is 408 Å². The minimum atomic E-state index is -0.572. The fraction of sp³-hybridized carbons (Fsp3) is 0.562. The van der Waals surface area contributed by atoms with Crippen molar-refractivity contribution < 1.29 is 57.0 Å². The Morgan fingerprint density at radius 3 is 1.69 bits per heavy atom. The normalized spacial score (nSPS) is 13.4. The molecule has 0 spiro atoms. The number of nitrogens with one attached hydrogen (secondary N) is 2. The smallest absolute Gasteiger partial charge is 0.407 e. The number of hydrogen-bond donors (Lipinski definition) is 2. The van der Waals surface area contributed by atoms with Crippen LogP contribution >= 0.6 is 22.9 Å². The van der Waals surface area contributed by atoms with E-state index < -0.39 is 17.7 Å². The van der Waals surface area contributed by atoms with Gasteiger partial charge in [0.05, 0.1) is 118 Å². The summed E-state index contributed by atoms with van der Waals surface area (Å²) in [7, 11) is 0. The van der Waals surface area contributed by atoms with Crippen LogP contribution in [0.5, 0.6) is 5.75 Å². The maximum atomic E-state index is 13.5. The first-order valence-corrected chi connectivity index (χ1v) is 24.1. The average Bonchev–Trinajstić information content (AvgIpc) is 3.78. The van der Waals surface area contributed by atoms with Crippen LogP contribution in [0.3, 0.4) is 0 Å². The van der Waals surface area contributed by atoms with Crippen LogP contribution in [0.2, 0.25) is 5.02 Å². The number of benzene rings is 2. The van der Waals surface area contributed by atoms with E-state index in [2.05, 4.69) is 34.7 Å². The van der Waals surface area contributed by atoms with Gasteiger partial charge in [-0.1, -0.05) is 23.7 Å². The Morgan fingerprint density at radius 1 is 0.676 bits per heavy atom. The Morgan fingerprint density at radius 2 is 1.18 bits per heavy atom. The number of carbonyl (C=O) groups is 2. The number of fused-ring (bicyclic) bond motifs is 3. The van der Waals surface area contributed by atoms with E-state index in [0.717, 1.165) is 33.2 Å². The van der Waals surface area contributed by atoms with Crippen LogP contribution in [0.15, 0.2) is 53.5 Å². The van der Waals surface area contributed by atoms with Gasteiger partial charge in [0.15, 0.2) is 5.82 Å². The topological polar surface area (TPSA) is 194 Å². The molecule has 2 amide bonds. The molecule has 0 bridgehead atoms. The van der Waals surface area contributed by atoms with Crippen molar-refractivity contribution in [3.63, 3.8) is 0 Å². The summed E-state index contributed by atoms with van der Waals surface area (Å²) >= 11 is 7.91. The van der Waals surface area contributed by atoms with Gasteiger partial charge in [0.25, 0.3) is 0 Å². The van der Waals surface area contributed by atoms with Gasteiger partial charge in [0, 0.05) is 33.3 Å². The molecule has 0 fully saturated rings. The number of rotatable bonds is 32. The maximum Gasteiger partial charge on any atom is 0.407 e. The van der Waals surface area contributed by atoms with E-state index in [9.17, 15) is 9.59 Å². The van der Waals surface area contributed by atoms with Crippen LogP contribution in [0.25, 0.3) is 5.00 Å². The number of nitrogens with zero attached hydrogens (tertiary/aromatic N) is 4. The summed E-state index contributed by atoms with van der Waals surface area (Å²) in [5.41, 5.74) is 3.97. The summed E-state index contributed by atoms with van der Waals surface area (Å²) in [5, 5.41) is 16.2. The second-order valence-electron chi connectivity index (χ2n) is 16.4. The molecule has 1 aliphatic heterocycles. The lowest BCUT2D eigenvalue weighted by Crippen LogP contribution is -2.34. The van der Waals surface area contributed by atoms with Crippen molar-refractivity contribution in [1.82, 2.24) is 20.1 Å². The highest BCUT2D eigenvalue weighted by Crippen LogP contribution is 2.39. The molecule has 0 saturated carbocycles. The van der Waals surface area contributed by atoms with Crippen molar-refractivity contribution >= 4 is 46.3 Å². The van der Waals surface area contributed by atoms with Crippen LogP contribution in [-0.2, 0) is 47.4 Å². The van der Waals surface area contributed by atoms with E-state index in [-0.39, 0.29) is 12.3 Å². The third-order valence-electron chi connectivity index (χ3n) is 9.89. The predicted molar refractivity (Wildman–Crippen MR) is 259 cm³/mol. The lowest BCUT2D eigenvalue weighted by Gasteiger charge is -2.19. The highest BCUT2D eigenvalue weighted by atomic mass is 35.5. The number of halogens is 1. The van der Waals surface area contributed by atoms with Gasteiger partial charge in [-0.3, -0.25) is 14.4 Å². The average molecular weight is 988 g/mol. The van der Waals surface area contributed by atoms with Crippen LogP contribution < -0.4 is 15.4 Å². The van der Waals surface area contributed by atoms with Crippen LogP contribution in [0.1, 0.15) is 66.5 Å². The molecular formula is C48H67ClN6O12S. The molecule has 2 aromatic carbocycles. The summed E-state index contributed by atoms with van der Waals surface area (Å²) in [6.07, 6.45) is -0.391. The SMILES string of the molecule is Cc1sc2c(c1C)C(c1ccc(Cl)cc1)=N[C@@H](CC(=O)Nc1ccc(OCCOCCOCCOCCOCCOCCOCCOCCOCCNC(=O)OC(C)(C)C)cc1)c1nnc(C)n1-2. The minimum absolute atomic E-state index is 0.0685. The van der Waals surface area contributed by atoms with Gasteiger partial charge in [0.1, 0.15) is 34.8 Å². The van der Waals surface area contributed by atoms with Crippen molar-refractivity contribution in [2.75, 3.05) is 124 Å². The molecule has 3 heterocycles. The molecule has 5 rings (SSSR count). The van der Waals surface area contributed by atoms with Crippen molar-refractivity contribution in [2.24, 2.45) is 4.99 Å². The number of amides is 2. The van der Waals surface area contributed by atoms with E-state index in [1.807, 2.05) is 56.5 Å². The van der Waals surface area contributed by atoms with Gasteiger partial charge in [-0.25, -0.2) is 4.79 Å². The quantitative estimate of drug-likeness (QED) is 0.0482. The number of aliphatic imine (C=N–C) groups is 1. The fourth-order valence-electron chi connectivity index (χ4n) is 6.55. The number of alkyl carbamates (subject to hydrolysis) is 1. The van der Waals surface area contributed by atoms with E-state index in [1.54, 1.807) is 35.6 Å². The first-order valence-electron chi connectivity index (χ1n) is 22.9. The maximum absolute atomic E-state index is 13.5. The highest BCUT2D eigenvalue weighted by molar-refractivity contribution is 7.15. The second kappa shape index (κ2) is 29.5. The summed E-state index contributed by atoms with van der Waals surface area (Å²) in [6, 6.07) is 14.3. The molecule has 374 valence electrons. The molecule has 68 heavy (non-hydrogen) atoms. The molecule has 0 unspecified atom stereocenters. The van der Waals surface area contributed by atoms with Crippen molar-refractivity contribution in [3.8, 4) is 10.8 Å². The van der Waals surface area contributed by atoms with E-state index in [1.165, 1.54) is 4.88 Å². The van der Waals surface area contributed by atoms with Crippen LogP contribution in [0, 0.1) is 20.8 Å². The molecule has 20 heteroatoms. The third-order valence-corrected chi connectivity index (χ3v) is 11.3. The molecular weight excluding hydrogens is 920 g/mol. The number of hydrogen-bond acceptors (Lipinski definition) is 16. The van der Waals surface area contributed by atoms with E-state index in [4.69, 9.17) is 64.0 Å². The summed E-state index contributed by atoms with van der Waals surface area (Å²) in [5.74, 6) is 1.81. The number of aromatic nitrogens is 3. The molecule has 1 aliphatic rings. The summed E-state index contributed by atoms with van der Waals surface area (Å²) < 4.78 is 57.2. The summed E-state index contributed by atoms with van der Waals surface area (Å²) in [4.78, 5) is 31.4. The molecule has 18 nitrogen and oxygen atoms in total. The number of ether oxygens (including phenoxy) is 10. The first-order chi connectivity index (χ1) is 32.9. The van der Waals surface area contributed by atoms with E-state index >= 15 is 0 Å². The van der Waals surface area contributed by atoms with Crippen molar-refractivity contribution in [2.45, 2.75) is 59.6 Å². The largest absolute Gasteiger partial charge is 0.491 e. The van der Waals surface area contributed by atoms with Crippen LogP contribution in [0.4, 0.5) is 10.5 Å². The zero-order valence-electron chi connectivity index (χ0n) is 40.1. The molecule has 1 atom stereocenters. The Kier molecular flexibility index (Phi) is 23.6. The lowest BCUT2D eigenvalue weighted by molar-refractivity contribution is -0.116. The monoisotopic (exact) mass is 986 g/mol. The molecule has 2 aromatic heterocycles. The Balaban J connectivity index is 0.822. The van der Waals surface area contributed by atoms with Gasteiger partial charge in [-0.2, -0.15) is 0 Å². The van der Waals surface area contributed by atoms with E-state index in [0.29, 0.717) is 141 Å². The van der Waals surface area contributed by atoms with Gasteiger partial charge < -0.3 is 58.0 Å². The summed E-state index contributed by atoms with van der Waals surface area (Å²) in [6.45, 7) is 19.4. The van der Waals surface area contributed by atoms with Gasteiger partial charge in [-0.05, 0) is 83.5 Å². The zero-order chi connectivity index (χ0) is 48.6. The Hall–Kier alpha value is -4.54. The highest BCUT2D eigenvalue weighted by Gasteiger charge is 2.32. The molecule has 0 saturated heterocycles. The number of carbonyl (C=O) groups excluding carboxylic acids is 2. The number of thiophene rings is 1. The van der Waals surface area contributed by atoms with Crippen molar-refractivity contribution in [1.29, 1.82) is 0 Å². The fourth-order valence-corrected chi connectivity index (χ4v) is 7.89. The first kappa shape index (κ1) is 54.4. The van der Waals surface area contributed by atoms with Gasteiger partial charge in [-0.15, -0.1) is 21.5 Å². The number of aryl methyl sites for hydroxylation is 2.